The predicted molar refractivity (Wildman–Crippen MR) is 82.6 cm³/mol. The third-order valence-electron chi connectivity index (χ3n) is 3.52. The Kier molecular flexibility index (Phi) is 4.23. The van der Waals surface area contributed by atoms with Gasteiger partial charge in [-0.05, 0) is 48.9 Å². The van der Waals surface area contributed by atoms with Crippen LogP contribution >= 0.6 is 0 Å². The first-order valence-electron chi connectivity index (χ1n) is 7.13. The lowest BCUT2D eigenvalue weighted by atomic mass is 10.1. The summed E-state index contributed by atoms with van der Waals surface area (Å²) in [6.07, 6.45) is 0. The number of hydrogen-bond donors (Lipinski definition) is 1. The van der Waals surface area contributed by atoms with E-state index in [1.165, 1.54) is 12.1 Å². The van der Waals surface area contributed by atoms with Gasteiger partial charge in [-0.3, -0.25) is 0 Å². The highest BCUT2D eigenvalue weighted by Crippen LogP contribution is 2.32. The van der Waals surface area contributed by atoms with Crippen LogP contribution in [0.1, 0.15) is 18.5 Å². The molecule has 7 heteroatoms. The minimum Gasteiger partial charge on any atom is -0.486 e. The highest BCUT2D eigenvalue weighted by atomic mass is 32.2. The fraction of sp³-hybridized carbons (Fsp3) is 0.250. The van der Waals surface area contributed by atoms with Crippen LogP contribution in [0, 0.1) is 5.82 Å². The molecule has 0 radical (unpaired) electrons. The number of fused-ring (bicyclic) bond motifs is 1. The minimum atomic E-state index is -3.73. The van der Waals surface area contributed by atoms with Crippen molar-refractivity contribution in [2.24, 2.45) is 0 Å². The average molecular weight is 337 g/mol. The van der Waals surface area contributed by atoms with E-state index >= 15 is 0 Å². The zero-order chi connectivity index (χ0) is 16.4. The molecule has 0 saturated carbocycles. The Morgan fingerprint density at radius 3 is 2.39 bits per heavy atom. The van der Waals surface area contributed by atoms with Crippen LogP contribution in [0.3, 0.4) is 0 Å². The van der Waals surface area contributed by atoms with Crippen molar-refractivity contribution in [1.82, 2.24) is 4.72 Å². The number of nitrogens with one attached hydrogen (secondary N) is 1. The molecule has 2 aromatic rings. The normalized spacial score (nSPS) is 15.2. The Hall–Kier alpha value is -2.12. The molecule has 3 rings (SSSR count). The molecule has 2 aromatic carbocycles. The highest BCUT2D eigenvalue weighted by molar-refractivity contribution is 7.89. The maximum Gasteiger partial charge on any atom is 0.241 e. The van der Waals surface area contributed by atoms with Gasteiger partial charge in [0.15, 0.2) is 11.5 Å². The van der Waals surface area contributed by atoms with E-state index in [1.807, 2.05) is 0 Å². The Morgan fingerprint density at radius 1 is 1.04 bits per heavy atom. The Morgan fingerprint density at radius 2 is 1.70 bits per heavy atom. The molecule has 1 heterocycles. The first-order chi connectivity index (χ1) is 11.0. The number of benzene rings is 2. The van der Waals surface area contributed by atoms with Gasteiger partial charge in [0.2, 0.25) is 10.0 Å². The van der Waals surface area contributed by atoms with Crippen LogP contribution in [0.2, 0.25) is 0 Å². The second kappa shape index (κ2) is 6.17. The van der Waals surface area contributed by atoms with Crippen LogP contribution in [-0.4, -0.2) is 21.6 Å². The lowest BCUT2D eigenvalue weighted by Crippen LogP contribution is -2.27. The molecule has 0 saturated heterocycles. The van der Waals surface area contributed by atoms with Crippen molar-refractivity contribution >= 4 is 10.0 Å². The fourth-order valence-corrected chi connectivity index (χ4v) is 3.54. The van der Waals surface area contributed by atoms with Gasteiger partial charge in [0, 0.05) is 6.04 Å². The quantitative estimate of drug-likeness (QED) is 0.931. The van der Waals surface area contributed by atoms with Gasteiger partial charge in [0.05, 0.1) is 4.90 Å². The van der Waals surface area contributed by atoms with Gasteiger partial charge < -0.3 is 9.47 Å². The third kappa shape index (κ3) is 3.46. The van der Waals surface area contributed by atoms with E-state index in [0.717, 1.165) is 17.7 Å². The van der Waals surface area contributed by atoms with E-state index in [0.29, 0.717) is 24.7 Å². The molecule has 1 atom stereocenters. The second-order valence-electron chi connectivity index (χ2n) is 5.20. The minimum absolute atomic E-state index is 0.0169. The van der Waals surface area contributed by atoms with Crippen LogP contribution in [0.25, 0.3) is 0 Å². The summed E-state index contributed by atoms with van der Waals surface area (Å²) in [4.78, 5) is 0.0169. The van der Waals surface area contributed by atoms with Gasteiger partial charge in [-0.15, -0.1) is 0 Å². The fourth-order valence-electron chi connectivity index (χ4n) is 2.31. The maximum absolute atomic E-state index is 12.9. The van der Waals surface area contributed by atoms with Gasteiger partial charge >= 0.3 is 0 Å². The molecule has 1 aliphatic heterocycles. The maximum atomic E-state index is 12.9. The van der Waals surface area contributed by atoms with Gasteiger partial charge in [-0.2, -0.15) is 0 Å². The van der Waals surface area contributed by atoms with Crippen LogP contribution in [0.15, 0.2) is 47.4 Å². The second-order valence-corrected chi connectivity index (χ2v) is 6.91. The van der Waals surface area contributed by atoms with Crippen molar-refractivity contribution in [3.8, 4) is 11.5 Å². The predicted octanol–water partition coefficient (Wildman–Crippen LogP) is 2.64. The number of hydrogen-bond acceptors (Lipinski definition) is 4. The van der Waals surface area contributed by atoms with Gasteiger partial charge in [0.25, 0.3) is 0 Å². The summed E-state index contributed by atoms with van der Waals surface area (Å²) in [6.45, 7) is 2.69. The smallest absolute Gasteiger partial charge is 0.241 e. The molecule has 0 aromatic heterocycles. The Labute approximate surface area is 134 Å². The average Bonchev–Trinajstić information content (AvgIpc) is 2.54. The third-order valence-corrected chi connectivity index (χ3v) is 5.08. The van der Waals surface area contributed by atoms with Crippen LogP contribution in [0.5, 0.6) is 11.5 Å². The van der Waals surface area contributed by atoms with Crippen molar-refractivity contribution in [3.05, 3.63) is 53.8 Å². The lowest BCUT2D eigenvalue weighted by molar-refractivity contribution is 0.171. The SMILES string of the molecule is C[C@@H](NS(=O)(=O)c1ccc(F)cc1)c1ccc2c(c1)OCCO2. The first-order valence-corrected chi connectivity index (χ1v) is 8.61. The molecule has 0 aliphatic carbocycles. The summed E-state index contributed by atoms with van der Waals surface area (Å²) in [7, 11) is -3.73. The monoisotopic (exact) mass is 337 g/mol. The first kappa shape index (κ1) is 15.8. The lowest BCUT2D eigenvalue weighted by Gasteiger charge is -2.21. The Bertz CT molecular complexity index is 805. The molecule has 0 unspecified atom stereocenters. The number of halogens is 1. The van der Waals surface area contributed by atoms with Crippen LogP contribution in [0.4, 0.5) is 4.39 Å². The van der Waals surface area contributed by atoms with Crippen molar-refractivity contribution in [2.75, 3.05) is 13.2 Å². The molecule has 23 heavy (non-hydrogen) atoms. The number of ether oxygens (including phenoxy) is 2. The van der Waals surface area contributed by atoms with Crippen LogP contribution in [-0.2, 0) is 10.0 Å². The standard InChI is InChI=1S/C16H16FNO4S/c1-11(12-2-7-15-16(10-12)22-9-8-21-15)18-23(19,20)14-5-3-13(17)4-6-14/h2-7,10-11,18H,8-9H2,1H3/t11-/m1/s1. The summed E-state index contributed by atoms with van der Waals surface area (Å²) in [5.41, 5.74) is 0.750. The summed E-state index contributed by atoms with van der Waals surface area (Å²) in [5, 5.41) is 0. The molecule has 0 fully saturated rings. The largest absolute Gasteiger partial charge is 0.486 e. The van der Waals surface area contributed by atoms with Crippen molar-refractivity contribution in [2.45, 2.75) is 17.9 Å². The molecule has 0 bridgehead atoms. The van der Waals surface area contributed by atoms with E-state index < -0.39 is 21.9 Å². The molecule has 0 spiro atoms. The topological polar surface area (TPSA) is 64.6 Å². The summed E-state index contributed by atoms with van der Waals surface area (Å²) >= 11 is 0. The molecular formula is C16H16FNO4S. The zero-order valence-corrected chi connectivity index (χ0v) is 13.3. The molecule has 1 N–H and O–H groups in total. The van der Waals surface area contributed by atoms with Crippen LogP contribution < -0.4 is 14.2 Å². The number of rotatable bonds is 4. The van der Waals surface area contributed by atoms with Gasteiger partial charge in [-0.25, -0.2) is 17.5 Å². The van der Waals surface area contributed by atoms with Gasteiger partial charge in [0.1, 0.15) is 19.0 Å². The molecular weight excluding hydrogens is 321 g/mol. The molecule has 0 amide bonds. The van der Waals surface area contributed by atoms with E-state index in [1.54, 1.807) is 25.1 Å². The van der Waals surface area contributed by atoms with Crippen molar-refractivity contribution in [1.29, 1.82) is 0 Å². The Balaban J connectivity index is 1.80. The summed E-state index contributed by atoms with van der Waals surface area (Å²) in [6, 6.07) is 9.51. The van der Waals surface area contributed by atoms with E-state index in [9.17, 15) is 12.8 Å². The van der Waals surface area contributed by atoms with Crippen molar-refractivity contribution < 1.29 is 22.3 Å². The van der Waals surface area contributed by atoms with E-state index in [2.05, 4.69) is 4.72 Å². The molecule has 5 nitrogen and oxygen atoms in total. The molecule has 122 valence electrons. The van der Waals surface area contributed by atoms with Gasteiger partial charge in [-0.1, -0.05) is 6.07 Å². The number of sulfonamides is 1. The van der Waals surface area contributed by atoms with Crippen molar-refractivity contribution in [3.63, 3.8) is 0 Å². The van der Waals surface area contributed by atoms with E-state index in [4.69, 9.17) is 9.47 Å². The highest BCUT2D eigenvalue weighted by Gasteiger charge is 2.20. The molecule has 1 aliphatic rings. The summed E-state index contributed by atoms with van der Waals surface area (Å²) < 4.78 is 51.1. The summed E-state index contributed by atoms with van der Waals surface area (Å²) in [5.74, 6) is 0.763. The van der Waals surface area contributed by atoms with E-state index in [-0.39, 0.29) is 4.90 Å². The zero-order valence-electron chi connectivity index (χ0n) is 12.5.